The van der Waals surface area contributed by atoms with Gasteiger partial charge in [0.05, 0.1) is 11.6 Å². The van der Waals surface area contributed by atoms with Crippen molar-refractivity contribution in [3.8, 4) is 5.75 Å². The molecule has 1 aromatic rings. The summed E-state index contributed by atoms with van der Waals surface area (Å²) in [5.74, 6) is 0.884. The summed E-state index contributed by atoms with van der Waals surface area (Å²) in [4.78, 5) is 0. The van der Waals surface area contributed by atoms with E-state index in [0.29, 0.717) is 6.04 Å². The summed E-state index contributed by atoms with van der Waals surface area (Å²) in [7, 11) is 0. The van der Waals surface area contributed by atoms with Gasteiger partial charge < -0.3 is 10.1 Å². The third-order valence-electron chi connectivity index (χ3n) is 3.93. The maximum Gasteiger partial charge on any atom is 0.142 e. The van der Waals surface area contributed by atoms with Gasteiger partial charge in [-0.2, -0.15) is 0 Å². The summed E-state index contributed by atoms with van der Waals surface area (Å²) < 4.78 is 5.80. The van der Waals surface area contributed by atoms with Gasteiger partial charge in [-0.3, -0.25) is 0 Å². The molecule has 2 nitrogen and oxygen atoms in total. The van der Waals surface area contributed by atoms with Gasteiger partial charge in [0.25, 0.3) is 0 Å². The number of rotatable bonds is 7. The normalized spacial score (nSPS) is 18.2. The monoisotopic (exact) mass is 295 g/mol. The summed E-state index contributed by atoms with van der Waals surface area (Å²) in [5.41, 5.74) is 1.23. The van der Waals surface area contributed by atoms with Crippen LogP contribution in [0.2, 0.25) is 5.02 Å². The molecule has 0 saturated carbocycles. The smallest absolute Gasteiger partial charge is 0.142 e. The minimum Gasteiger partial charge on any atom is -0.492 e. The van der Waals surface area contributed by atoms with E-state index in [1.54, 1.807) is 0 Å². The van der Waals surface area contributed by atoms with Crippen molar-refractivity contribution >= 4 is 11.6 Å². The molecule has 20 heavy (non-hydrogen) atoms. The Balaban J connectivity index is 1.87. The predicted molar refractivity (Wildman–Crippen MR) is 85.7 cm³/mol. The van der Waals surface area contributed by atoms with Crippen molar-refractivity contribution < 1.29 is 4.74 Å². The highest BCUT2D eigenvalue weighted by molar-refractivity contribution is 6.32. The van der Waals surface area contributed by atoms with Crippen LogP contribution >= 0.6 is 11.6 Å². The zero-order valence-electron chi connectivity index (χ0n) is 12.5. The minimum absolute atomic E-state index is 0.386. The van der Waals surface area contributed by atoms with Crippen LogP contribution in [0.1, 0.15) is 63.5 Å². The van der Waals surface area contributed by atoms with Crippen LogP contribution in [-0.4, -0.2) is 13.2 Å². The first kappa shape index (κ1) is 15.7. The lowest BCUT2D eigenvalue weighted by Crippen LogP contribution is -2.22. The average molecular weight is 296 g/mol. The van der Waals surface area contributed by atoms with Crippen LogP contribution in [0.4, 0.5) is 0 Å². The number of halogens is 1. The van der Waals surface area contributed by atoms with E-state index in [1.807, 2.05) is 12.1 Å². The van der Waals surface area contributed by atoms with Gasteiger partial charge in [0.15, 0.2) is 0 Å². The molecule has 1 atom stereocenters. The van der Waals surface area contributed by atoms with Gasteiger partial charge in [0.2, 0.25) is 0 Å². The fourth-order valence-electron chi connectivity index (χ4n) is 2.79. The Morgan fingerprint density at radius 1 is 1.25 bits per heavy atom. The Morgan fingerprint density at radius 2 is 2.10 bits per heavy atom. The molecule has 1 aromatic carbocycles. The summed E-state index contributed by atoms with van der Waals surface area (Å²) in [6.07, 6.45) is 8.81. The van der Waals surface area contributed by atoms with E-state index < -0.39 is 0 Å². The molecule has 2 rings (SSSR count). The number of unbranched alkanes of at least 4 members (excludes halogenated alkanes) is 4. The number of ether oxygens (including phenoxy) is 1. The van der Waals surface area contributed by atoms with Crippen molar-refractivity contribution in [3.63, 3.8) is 0 Å². The topological polar surface area (TPSA) is 21.3 Å². The predicted octanol–water partition coefficient (Wildman–Crippen LogP) is 5.11. The van der Waals surface area contributed by atoms with Gasteiger partial charge in [-0.15, -0.1) is 0 Å². The lowest BCUT2D eigenvalue weighted by atomic mass is 10.0. The van der Waals surface area contributed by atoms with Gasteiger partial charge in [-0.05, 0) is 31.9 Å². The average Bonchev–Trinajstić information content (AvgIpc) is 2.66. The zero-order chi connectivity index (χ0) is 14.2. The quantitative estimate of drug-likeness (QED) is 0.705. The molecule has 0 saturated heterocycles. The van der Waals surface area contributed by atoms with Gasteiger partial charge in [0.1, 0.15) is 5.75 Å². The van der Waals surface area contributed by atoms with Crippen molar-refractivity contribution in [2.24, 2.45) is 0 Å². The van der Waals surface area contributed by atoms with E-state index in [9.17, 15) is 0 Å². The molecule has 0 radical (unpaired) electrons. The first-order valence-electron chi connectivity index (χ1n) is 7.97. The number of hydrogen-bond donors (Lipinski definition) is 1. The fraction of sp³-hybridized carbons (Fsp3) is 0.647. The minimum atomic E-state index is 0.386. The molecule has 1 heterocycles. The number of para-hydroxylation sites is 1. The lowest BCUT2D eigenvalue weighted by molar-refractivity contribution is 0.315. The molecule has 1 aliphatic rings. The summed E-state index contributed by atoms with van der Waals surface area (Å²) in [5, 5.41) is 4.42. The Bertz CT molecular complexity index is 408. The Hall–Kier alpha value is -0.730. The summed E-state index contributed by atoms with van der Waals surface area (Å²) >= 11 is 6.25. The number of fused-ring (bicyclic) bond motifs is 1. The van der Waals surface area contributed by atoms with Crippen molar-refractivity contribution in [1.82, 2.24) is 5.32 Å². The third kappa shape index (κ3) is 4.39. The zero-order valence-corrected chi connectivity index (χ0v) is 13.2. The molecule has 112 valence electrons. The maximum atomic E-state index is 6.25. The molecule has 0 amide bonds. The van der Waals surface area contributed by atoms with Crippen LogP contribution < -0.4 is 10.1 Å². The number of hydrogen-bond acceptors (Lipinski definition) is 2. The van der Waals surface area contributed by atoms with E-state index in [2.05, 4.69) is 18.3 Å². The van der Waals surface area contributed by atoms with Crippen LogP contribution in [0.3, 0.4) is 0 Å². The maximum absolute atomic E-state index is 6.25. The summed E-state index contributed by atoms with van der Waals surface area (Å²) in [6.45, 7) is 4.11. The van der Waals surface area contributed by atoms with E-state index in [1.165, 1.54) is 37.7 Å². The molecular formula is C17H26ClNO. The van der Waals surface area contributed by atoms with Gasteiger partial charge >= 0.3 is 0 Å². The largest absolute Gasteiger partial charge is 0.492 e. The van der Waals surface area contributed by atoms with E-state index in [4.69, 9.17) is 16.3 Å². The fourth-order valence-corrected chi connectivity index (χ4v) is 3.02. The van der Waals surface area contributed by atoms with E-state index in [-0.39, 0.29) is 0 Å². The highest BCUT2D eigenvalue weighted by Crippen LogP contribution is 2.36. The van der Waals surface area contributed by atoms with Crippen molar-refractivity contribution in [1.29, 1.82) is 0 Å². The first-order valence-corrected chi connectivity index (χ1v) is 8.35. The molecule has 0 aliphatic carbocycles. The van der Waals surface area contributed by atoms with Crippen molar-refractivity contribution in [3.05, 3.63) is 28.8 Å². The Labute approximate surface area is 127 Å². The van der Waals surface area contributed by atoms with Crippen LogP contribution in [-0.2, 0) is 0 Å². The second-order valence-electron chi connectivity index (χ2n) is 5.57. The molecule has 1 aliphatic heterocycles. The lowest BCUT2D eigenvalue weighted by Gasteiger charge is -2.19. The summed E-state index contributed by atoms with van der Waals surface area (Å²) in [6, 6.07) is 6.46. The van der Waals surface area contributed by atoms with Gasteiger partial charge in [-0.25, -0.2) is 0 Å². The molecule has 1 N–H and O–H groups in total. The Kier molecular flexibility index (Phi) is 6.68. The highest BCUT2D eigenvalue weighted by atomic mass is 35.5. The van der Waals surface area contributed by atoms with E-state index in [0.717, 1.165) is 36.8 Å². The van der Waals surface area contributed by atoms with Crippen LogP contribution in [0, 0.1) is 0 Å². The standard InChI is InChI=1S/C17H26ClNO/c1-2-3-4-5-6-12-19-16-11-8-13-20-17-14(16)9-7-10-15(17)18/h7,9-10,16,19H,2-6,8,11-13H2,1H3. The molecule has 0 aromatic heterocycles. The van der Waals surface area contributed by atoms with Crippen LogP contribution in [0.15, 0.2) is 18.2 Å². The molecular weight excluding hydrogens is 270 g/mol. The van der Waals surface area contributed by atoms with E-state index >= 15 is 0 Å². The number of nitrogens with one attached hydrogen (secondary N) is 1. The van der Waals surface area contributed by atoms with Crippen LogP contribution in [0.5, 0.6) is 5.75 Å². The second kappa shape index (κ2) is 8.53. The van der Waals surface area contributed by atoms with Gasteiger partial charge in [-0.1, -0.05) is 56.3 Å². The van der Waals surface area contributed by atoms with Gasteiger partial charge in [0, 0.05) is 11.6 Å². The van der Waals surface area contributed by atoms with Crippen molar-refractivity contribution in [2.75, 3.05) is 13.2 Å². The first-order chi connectivity index (χ1) is 9.83. The molecule has 0 spiro atoms. The number of benzene rings is 1. The molecule has 0 bridgehead atoms. The molecule has 0 fully saturated rings. The highest BCUT2D eigenvalue weighted by Gasteiger charge is 2.20. The second-order valence-corrected chi connectivity index (χ2v) is 5.98. The van der Waals surface area contributed by atoms with Crippen LogP contribution in [0.25, 0.3) is 0 Å². The third-order valence-corrected chi connectivity index (χ3v) is 4.23. The molecule has 1 unspecified atom stereocenters. The van der Waals surface area contributed by atoms with Crippen molar-refractivity contribution in [2.45, 2.75) is 57.9 Å². The SMILES string of the molecule is CCCCCCCNC1CCCOc2c(Cl)cccc21. The molecule has 3 heteroatoms. The Morgan fingerprint density at radius 3 is 2.95 bits per heavy atom.